The summed E-state index contributed by atoms with van der Waals surface area (Å²) in [6.07, 6.45) is 2.53. The van der Waals surface area contributed by atoms with Crippen molar-refractivity contribution in [3.8, 4) is 0 Å². The molecule has 3 heteroatoms. The van der Waals surface area contributed by atoms with Crippen LogP contribution in [0.25, 0.3) is 0 Å². The molecule has 1 aromatic rings. The average Bonchev–Trinajstić information content (AvgIpc) is 2.63. The smallest absolute Gasteiger partial charge is 0.133 e. The summed E-state index contributed by atoms with van der Waals surface area (Å²) in [6.45, 7) is 8.15. The fraction of sp³-hybridized carbons (Fsp3) is 0.615. The summed E-state index contributed by atoms with van der Waals surface area (Å²) in [5.41, 5.74) is 9.41. The van der Waals surface area contributed by atoms with Crippen LogP contribution in [0.3, 0.4) is 0 Å². The van der Waals surface area contributed by atoms with Gasteiger partial charge < -0.3 is 10.6 Å². The van der Waals surface area contributed by atoms with E-state index in [1.54, 1.807) is 0 Å². The van der Waals surface area contributed by atoms with Crippen molar-refractivity contribution in [3.05, 3.63) is 22.9 Å². The number of hydrogen-bond donors (Lipinski definition) is 1. The van der Waals surface area contributed by atoms with Crippen LogP contribution in [-0.4, -0.2) is 17.6 Å². The molecule has 2 rings (SSSR count). The SMILES string of the molecule is Cc1cc(C)c(CN)c(N2CCCC2C)n1. The van der Waals surface area contributed by atoms with E-state index in [1.165, 1.54) is 24.0 Å². The molecule has 16 heavy (non-hydrogen) atoms. The second-order valence-electron chi connectivity index (χ2n) is 4.77. The van der Waals surface area contributed by atoms with Crippen LogP contribution >= 0.6 is 0 Å². The molecule has 88 valence electrons. The van der Waals surface area contributed by atoms with E-state index >= 15 is 0 Å². The summed E-state index contributed by atoms with van der Waals surface area (Å²) in [7, 11) is 0. The Balaban J connectivity index is 2.45. The molecule has 0 aliphatic carbocycles. The largest absolute Gasteiger partial charge is 0.354 e. The maximum atomic E-state index is 5.85. The minimum absolute atomic E-state index is 0.581. The molecule has 0 spiro atoms. The van der Waals surface area contributed by atoms with E-state index in [0.29, 0.717) is 12.6 Å². The van der Waals surface area contributed by atoms with Gasteiger partial charge in [0.1, 0.15) is 5.82 Å². The molecule has 0 radical (unpaired) electrons. The minimum atomic E-state index is 0.581. The van der Waals surface area contributed by atoms with Gasteiger partial charge in [-0.1, -0.05) is 0 Å². The van der Waals surface area contributed by atoms with Crippen LogP contribution < -0.4 is 10.6 Å². The van der Waals surface area contributed by atoms with Gasteiger partial charge in [-0.05, 0) is 45.2 Å². The maximum Gasteiger partial charge on any atom is 0.133 e. The lowest BCUT2D eigenvalue weighted by Crippen LogP contribution is -2.29. The zero-order chi connectivity index (χ0) is 11.7. The number of nitrogens with two attached hydrogens (primary N) is 1. The van der Waals surface area contributed by atoms with E-state index in [-0.39, 0.29) is 0 Å². The fourth-order valence-electron chi connectivity index (χ4n) is 2.58. The van der Waals surface area contributed by atoms with Gasteiger partial charge in [-0.25, -0.2) is 4.98 Å². The van der Waals surface area contributed by atoms with Crippen molar-refractivity contribution in [1.82, 2.24) is 4.98 Å². The topological polar surface area (TPSA) is 42.1 Å². The highest BCUT2D eigenvalue weighted by Crippen LogP contribution is 2.28. The van der Waals surface area contributed by atoms with Crippen LogP contribution in [0.4, 0.5) is 5.82 Å². The number of hydrogen-bond acceptors (Lipinski definition) is 3. The van der Waals surface area contributed by atoms with Gasteiger partial charge >= 0.3 is 0 Å². The average molecular weight is 219 g/mol. The summed E-state index contributed by atoms with van der Waals surface area (Å²) in [6, 6.07) is 2.71. The van der Waals surface area contributed by atoms with Crippen molar-refractivity contribution in [2.24, 2.45) is 5.73 Å². The molecular weight excluding hydrogens is 198 g/mol. The Morgan fingerprint density at radius 1 is 1.50 bits per heavy atom. The van der Waals surface area contributed by atoms with Crippen molar-refractivity contribution in [3.63, 3.8) is 0 Å². The second kappa shape index (κ2) is 4.42. The zero-order valence-corrected chi connectivity index (χ0v) is 10.5. The maximum absolute atomic E-state index is 5.85. The molecule has 0 bridgehead atoms. The normalized spacial score (nSPS) is 20.5. The predicted molar refractivity (Wildman–Crippen MR) is 67.6 cm³/mol. The quantitative estimate of drug-likeness (QED) is 0.828. The third-order valence-corrected chi connectivity index (χ3v) is 3.48. The fourth-order valence-corrected chi connectivity index (χ4v) is 2.58. The molecule has 1 unspecified atom stereocenters. The molecular formula is C13H21N3. The lowest BCUT2D eigenvalue weighted by atomic mass is 10.1. The number of aryl methyl sites for hydroxylation is 2. The molecule has 0 amide bonds. The molecule has 1 atom stereocenters. The van der Waals surface area contributed by atoms with Gasteiger partial charge in [-0.2, -0.15) is 0 Å². The van der Waals surface area contributed by atoms with E-state index in [9.17, 15) is 0 Å². The lowest BCUT2D eigenvalue weighted by Gasteiger charge is -2.26. The highest BCUT2D eigenvalue weighted by atomic mass is 15.2. The molecule has 1 saturated heterocycles. The Labute approximate surface area is 97.7 Å². The third-order valence-electron chi connectivity index (χ3n) is 3.48. The van der Waals surface area contributed by atoms with Gasteiger partial charge in [-0.15, -0.1) is 0 Å². The Bertz CT molecular complexity index is 387. The lowest BCUT2D eigenvalue weighted by molar-refractivity contribution is 0.720. The predicted octanol–water partition coefficient (Wildman–Crippen LogP) is 2.15. The third kappa shape index (κ3) is 1.92. The number of nitrogens with zero attached hydrogens (tertiary/aromatic N) is 2. The van der Waals surface area contributed by atoms with Crippen LogP contribution in [0.1, 0.15) is 36.6 Å². The van der Waals surface area contributed by atoms with E-state index in [1.807, 2.05) is 0 Å². The standard InChI is InChI=1S/C13H21N3/c1-9-7-10(2)15-13(12(9)8-14)16-6-4-5-11(16)3/h7,11H,4-6,8,14H2,1-3H3. The highest BCUT2D eigenvalue weighted by molar-refractivity contribution is 5.52. The second-order valence-corrected chi connectivity index (χ2v) is 4.77. The van der Waals surface area contributed by atoms with Crippen molar-refractivity contribution in [2.75, 3.05) is 11.4 Å². The van der Waals surface area contributed by atoms with E-state index < -0.39 is 0 Å². The Morgan fingerprint density at radius 2 is 2.25 bits per heavy atom. The summed E-state index contributed by atoms with van der Waals surface area (Å²) >= 11 is 0. The molecule has 0 aromatic carbocycles. The van der Waals surface area contributed by atoms with E-state index in [4.69, 9.17) is 5.73 Å². The summed E-state index contributed by atoms with van der Waals surface area (Å²) in [5, 5.41) is 0. The van der Waals surface area contributed by atoms with Crippen molar-refractivity contribution in [1.29, 1.82) is 0 Å². The van der Waals surface area contributed by atoms with E-state index in [2.05, 4.69) is 36.7 Å². The number of aromatic nitrogens is 1. The van der Waals surface area contributed by atoms with Gasteiger partial charge in [0, 0.05) is 30.4 Å². The van der Waals surface area contributed by atoms with Crippen LogP contribution in [0, 0.1) is 13.8 Å². The van der Waals surface area contributed by atoms with Gasteiger partial charge in [0.05, 0.1) is 0 Å². The summed E-state index contributed by atoms with van der Waals surface area (Å²) in [5.74, 6) is 1.12. The Morgan fingerprint density at radius 3 is 2.81 bits per heavy atom. The van der Waals surface area contributed by atoms with Gasteiger partial charge in [0.25, 0.3) is 0 Å². The monoisotopic (exact) mass is 219 g/mol. The van der Waals surface area contributed by atoms with Crippen LogP contribution in [0.2, 0.25) is 0 Å². The zero-order valence-electron chi connectivity index (χ0n) is 10.5. The first-order chi connectivity index (χ1) is 7.63. The van der Waals surface area contributed by atoms with Crippen molar-refractivity contribution in [2.45, 2.75) is 46.2 Å². The number of anilines is 1. The Kier molecular flexibility index (Phi) is 3.15. The molecule has 2 heterocycles. The number of rotatable bonds is 2. The van der Waals surface area contributed by atoms with Crippen LogP contribution in [-0.2, 0) is 6.54 Å². The first-order valence-corrected chi connectivity index (χ1v) is 6.07. The van der Waals surface area contributed by atoms with E-state index in [0.717, 1.165) is 18.1 Å². The molecule has 1 aromatic heterocycles. The van der Waals surface area contributed by atoms with Crippen molar-refractivity contribution >= 4 is 5.82 Å². The first kappa shape index (κ1) is 11.4. The first-order valence-electron chi connectivity index (χ1n) is 6.07. The van der Waals surface area contributed by atoms with Crippen LogP contribution in [0.15, 0.2) is 6.07 Å². The van der Waals surface area contributed by atoms with Gasteiger partial charge in [0.2, 0.25) is 0 Å². The molecule has 2 N–H and O–H groups in total. The molecule has 1 aliphatic rings. The minimum Gasteiger partial charge on any atom is -0.354 e. The Hall–Kier alpha value is -1.09. The van der Waals surface area contributed by atoms with Gasteiger partial charge in [-0.3, -0.25) is 0 Å². The molecule has 0 saturated carbocycles. The molecule has 1 aliphatic heterocycles. The van der Waals surface area contributed by atoms with Crippen LogP contribution in [0.5, 0.6) is 0 Å². The molecule has 3 nitrogen and oxygen atoms in total. The summed E-state index contributed by atoms with van der Waals surface area (Å²) < 4.78 is 0. The van der Waals surface area contributed by atoms with Crippen molar-refractivity contribution < 1.29 is 0 Å². The number of pyridine rings is 1. The summed E-state index contributed by atoms with van der Waals surface area (Å²) in [4.78, 5) is 7.09. The van der Waals surface area contributed by atoms with Gasteiger partial charge in [0.15, 0.2) is 0 Å². The highest BCUT2D eigenvalue weighted by Gasteiger charge is 2.24. The molecule has 1 fully saturated rings.